The Balaban J connectivity index is 1.70. The molecule has 1 saturated carbocycles. The Labute approximate surface area is 104 Å². The zero-order chi connectivity index (χ0) is 11.2. The van der Waals surface area contributed by atoms with Crippen molar-refractivity contribution in [2.24, 2.45) is 5.92 Å². The van der Waals surface area contributed by atoms with Crippen LogP contribution in [0.5, 0.6) is 0 Å². The van der Waals surface area contributed by atoms with Crippen molar-refractivity contribution in [1.82, 2.24) is 10.2 Å². The molecule has 0 aromatic rings. The van der Waals surface area contributed by atoms with Crippen LogP contribution in [-0.2, 0) is 0 Å². The van der Waals surface area contributed by atoms with E-state index in [9.17, 15) is 0 Å². The standard InChI is InChI=1S/C13H24N2S/c1-10-7-14-13(2,11-3-4-11)9-15(10)12-5-6-16-8-12/h10-12,14H,3-9H2,1-2H3. The van der Waals surface area contributed by atoms with Crippen molar-refractivity contribution >= 4 is 11.8 Å². The molecule has 0 amide bonds. The SMILES string of the molecule is CC1CNC(C)(C2CC2)CN1C1CCSC1. The molecule has 92 valence electrons. The zero-order valence-corrected chi connectivity index (χ0v) is 11.4. The predicted octanol–water partition coefficient (Wildman–Crippen LogP) is 1.95. The first-order valence-electron chi connectivity index (χ1n) is 6.77. The van der Waals surface area contributed by atoms with Gasteiger partial charge in [-0.1, -0.05) is 0 Å². The van der Waals surface area contributed by atoms with Gasteiger partial charge in [-0.15, -0.1) is 0 Å². The Bertz CT molecular complexity index is 261. The predicted molar refractivity (Wildman–Crippen MR) is 71.0 cm³/mol. The van der Waals surface area contributed by atoms with Crippen LogP contribution in [0.1, 0.15) is 33.1 Å². The number of piperazine rings is 1. The zero-order valence-electron chi connectivity index (χ0n) is 10.5. The Morgan fingerprint density at radius 3 is 2.75 bits per heavy atom. The first kappa shape index (κ1) is 11.4. The first-order chi connectivity index (χ1) is 7.69. The quantitative estimate of drug-likeness (QED) is 0.794. The van der Waals surface area contributed by atoms with Crippen LogP contribution in [-0.4, -0.2) is 47.1 Å². The van der Waals surface area contributed by atoms with Crippen LogP contribution in [0, 0.1) is 5.92 Å². The molecule has 2 heterocycles. The topological polar surface area (TPSA) is 15.3 Å². The van der Waals surface area contributed by atoms with Crippen LogP contribution in [0.2, 0.25) is 0 Å². The summed E-state index contributed by atoms with van der Waals surface area (Å²) in [6.45, 7) is 7.31. The molecule has 0 radical (unpaired) electrons. The summed E-state index contributed by atoms with van der Waals surface area (Å²) >= 11 is 2.14. The molecule has 16 heavy (non-hydrogen) atoms. The maximum absolute atomic E-state index is 3.81. The van der Waals surface area contributed by atoms with Crippen LogP contribution in [0.15, 0.2) is 0 Å². The van der Waals surface area contributed by atoms with E-state index in [0.29, 0.717) is 5.54 Å². The average molecular weight is 240 g/mol. The number of hydrogen-bond acceptors (Lipinski definition) is 3. The van der Waals surface area contributed by atoms with Crippen LogP contribution in [0.25, 0.3) is 0 Å². The largest absolute Gasteiger partial charge is 0.308 e. The van der Waals surface area contributed by atoms with Gasteiger partial charge in [-0.05, 0) is 44.8 Å². The van der Waals surface area contributed by atoms with Crippen molar-refractivity contribution in [2.45, 2.75) is 50.7 Å². The molecular weight excluding hydrogens is 216 g/mol. The van der Waals surface area contributed by atoms with Crippen molar-refractivity contribution < 1.29 is 0 Å². The van der Waals surface area contributed by atoms with Crippen LogP contribution >= 0.6 is 11.8 Å². The highest BCUT2D eigenvalue weighted by Gasteiger charge is 2.46. The molecule has 0 aromatic carbocycles. The molecule has 3 fully saturated rings. The van der Waals surface area contributed by atoms with Crippen molar-refractivity contribution in [3.8, 4) is 0 Å². The molecule has 3 aliphatic rings. The molecule has 3 rings (SSSR count). The summed E-state index contributed by atoms with van der Waals surface area (Å²) in [5.41, 5.74) is 0.416. The minimum atomic E-state index is 0.416. The van der Waals surface area contributed by atoms with Gasteiger partial charge in [0.2, 0.25) is 0 Å². The highest BCUT2D eigenvalue weighted by Crippen LogP contribution is 2.42. The van der Waals surface area contributed by atoms with Crippen molar-refractivity contribution in [2.75, 3.05) is 24.6 Å². The smallest absolute Gasteiger partial charge is 0.0309 e. The van der Waals surface area contributed by atoms with E-state index in [1.807, 2.05) is 0 Å². The molecule has 2 nitrogen and oxygen atoms in total. The van der Waals surface area contributed by atoms with Gasteiger partial charge in [0.05, 0.1) is 0 Å². The Kier molecular flexibility index (Phi) is 2.97. The molecular formula is C13H24N2S. The van der Waals surface area contributed by atoms with Crippen molar-refractivity contribution in [3.05, 3.63) is 0 Å². The third-order valence-corrected chi connectivity index (χ3v) is 5.88. The minimum absolute atomic E-state index is 0.416. The lowest BCUT2D eigenvalue weighted by molar-refractivity contribution is 0.0546. The van der Waals surface area contributed by atoms with E-state index in [0.717, 1.165) is 18.0 Å². The fourth-order valence-corrected chi connectivity index (χ4v) is 4.59. The van der Waals surface area contributed by atoms with E-state index in [2.05, 4.69) is 35.8 Å². The first-order valence-corrected chi connectivity index (χ1v) is 7.93. The molecule has 0 aromatic heterocycles. The molecule has 0 bridgehead atoms. The van der Waals surface area contributed by atoms with E-state index in [4.69, 9.17) is 0 Å². The highest BCUT2D eigenvalue weighted by molar-refractivity contribution is 7.99. The molecule has 3 unspecified atom stereocenters. The van der Waals surface area contributed by atoms with Gasteiger partial charge in [0.25, 0.3) is 0 Å². The van der Waals surface area contributed by atoms with Gasteiger partial charge in [0.1, 0.15) is 0 Å². The van der Waals surface area contributed by atoms with E-state index in [1.54, 1.807) is 0 Å². The second-order valence-electron chi connectivity index (χ2n) is 6.11. The lowest BCUT2D eigenvalue weighted by Crippen LogP contribution is -2.65. The Morgan fingerprint density at radius 2 is 2.12 bits per heavy atom. The van der Waals surface area contributed by atoms with Gasteiger partial charge in [0, 0.05) is 36.5 Å². The maximum atomic E-state index is 3.81. The molecule has 3 heteroatoms. The molecule has 0 spiro atoms. The van der Waals surface area contributed by atoms with Crippen molar-refractivity contribution in [1.29, 1.82) is 0 Å². The van der Waals surface area contributed by atoms with Gasteiger partial charge in [-0.2, -0.15) is 11.8 Å². The van der Waals surface area contributed by atoms with E-state index in [-0.39, 0.29) is 0 Å². The van der Waals surface area contributed by atoms with E-state index < -0.39 is 0 Å². The second-order valence-corrected chi connectivity index (χ2v) is 7.26. The van der Waals surface area contributed by atoms with Gasteiger partial charge in [-0.25, -0.2) is 0 Å². The lowest BCUT2D eigenvalue weighted by Gasteiger charge is -2.48. The molecule has 2 aliphatic heterocycles. The summed E-state index contributed by atoms with van der Waals surface area (Å²) in [5.74, 6) is 3.70. The Morgan fingerprint density at radius 1 is 1.31 bits per heavy atom. The molecule has 1 N–H and O–H groups in total. The highest BCUT2D eigenvalue weighted by atomic mass is 32.2. The summed E-state index contributed by atoms with van der Waals surface area (Å²) < 4.78 is 0. The summed E-state index contributed by atoms with van der Waals surface area (Å²) in [5, 5.41) is 3.81. The number of nitrogens with zero attached hydrogens (tertiary/aromatic N) is 1. The Hall–Kier alpha value is 0.270. The molecule has 1 aliphatic carbocycles. The number of nitrogens with one attached hydrogen (secondary N) is 1. The number of hydrogen-bond donors (Lipinski definition) is 1. The van der Waals surface area contributed by atoms with Crippen LogP contribution < -0.4 is 5.32 Å². The van der Waals surface area contributed by atoms with E-state index >= 15 is 0 Å². The van der Waals surface area contributed by atoms with Gasteiger partial charge >= 0.3 is 0 Å². The van der Waals surface area contributed by atoms with E-state index in [1.165, 1.54) is 43.9 Å². The third-order valence-electron chi connectivity index (χ3n) is 4.73. The fourth-order valence-electron chi connectivity index (χ4n) is 3.36. The normalized spacial score (nSPS) is 46.1. The minimum Gasteiger partial charge on any atom is -0.308 e. The lowest BCUT2D eigenvalue weighted by atomic mass is 9.90. The second kappa shape index (κ2) is 4.18. The number of rotatable bonds is 2. The average Bonchev–Trinajstić information content (AvgIpc) is 3.00. The van der Waals surface area contributed by atoms with Crippen LogP contribution in [0.4, 0.5) is 0 Å². The summed E-state index contributed by atoms with van der Waals surface area (Å²) in [4.78, 5) is 2.80. The fraction of sp³-hybridized carbons (Fsp3) is 1.00. The summed E-state index contributed by atoms with van der Waals surface area (Å²) in [6, 6.07) is 1.59. The number of thioether (sulfide) groups is 1. The monoisotopic (exact) mass is 240 g/mol. The third kappa shape index (κ3) is 2.02. The van der Waals surface area contributed by atoms with Gasteiger partial charge < -0.3 is 5.32 Å². The van der Waals surface area contributed by atoms with Gasteiger partial charge in [0.15, 0.2) is 0 Å². The summed E-state index contributed by atoms with van der Waals surface area (Å²) in [6.07, 6.45) is 4.31. The van der Waals surface area contributed by atoms with Gasteiger partial charge in [-0.3, -0.25) is 4.90 Å². The maximum Gasteiger partial charge on any atom is 0.0309 e. The van der Waals surface area contributed by atoms with Crippen molar-refractivity contribution in [3.63, 3.8) is 0 Å². The van der Waals surface area contributed by atoms with Crippen LogP contribution in [0.3, 0.4) is 0 Å². The summed E-state index contributed by atoms with van der Waals surface area (Å²) in [7, 11) is 0. The molecule has 3 atom stereocenters. The molecule has 2 saturated heterocycles.